The number of carbonyl (C=O) groups is 3. The van der Waals surface area contributed by atoms with E-state index >= 15 is 0 Å². The van der Waals surface area contributed by atoms with Crippen molar-refractivity contribution < 1.29 is 32.3 Å². The van der Waals surface area contributed by atoms with Gasteiger partial charge in [-0.1, -0.05) is 68.1 Å². The number of piperazine rings is 1. The second-order valence-electron chi connectivity index (χ2n) is 12.4. The van der Waals surface area contributed by atoms with Gasteiger partial charge in [0.25, 0.3) is 5.91 Å². The largest absolute Gasteiger partial charge is 0.419 e. The summed E-state index contributed by atoms with van der Waals surface area (Å²) in [5.41, 5.74) is 5.40. The minimum absolute atomic E-state index is 0. The maximum absolute atomic E-state index is 14.1. The van der Waals surface area contributed by atoms with Crippen molar-refractivity contribution in [3.05, 3.63) is 108 Å². The normalized spacial score (nSPS) is 14.6. The first-order chi connectivity index (χ1) is 23.8. The Labute approximate surface area is 294 Å². The highest BCUT2D eigenvalue weighted by molar-refractivity contribution is 5.98. The molecule has 2 aromatic carbocycles. The average Bonchev–Trinajstić information content (AvgIpc) is 3.55. The van der Waals surface area contributed by atoms with Crippen molar-refractivity contribution in [1.82, 2.24) is 24.8 Å². The van der Waals surface area contributed by atoms with Crippen LogP contribution in [0.3, 0.4) is 0 Å². The molecule has 12 nitrogen and oxygen atoms in total. The second kappa shape index (κ2) is 16.6. The fourth-order valence-electron chi connectivity index (χ4n) is 5.41. The molecule has 3 heterocycles. The molecule has 1 aliphatic heterocycles. The van der Waals surface area contributed by atoms with Crippen molar-refractivity contribution in [2.45, 2.75) is 51.7 Å². The third-order valence-electron chi connectivity index (χ3n) is 8.09. The van der Waals surface area contributed by atoms with Gasteiger partial charge in [0.15, 0.2) is 5.82 Å². The number of nitrogens with two attached hydrogens (primary N) is 1. The van der Waals surface area contributed by atoms with E-state index in [0.29, 0.717) is 5.56 Å². The number of benzene rings is 2. The minimum atomic E-state index is -4.56. The lowest BCUT2D eigenvalue weighted by Crippen LogP contribution is -2.56. The molecular weight excluding hydrogens is 665 g/mol. The Balaban J connectivity index is 0.00000583. The van der Waals surface area contributed by atoms with E-state index in [2.05, 4.69) is 20.6 Å². The van der Waals surface area contributed by atoms with E-state index < -0.39 is 41.2 Å². The summed E-state index contributed by atoms with van der Waals surface area (Å²) < 4.78 is 48.2. The smallest absolute Gasteiger partial charge is 0.374 e. The summed E-state index contributed by atoms with van der Waals surface area (Å²) in [7, 11) is 0. The topological polar surface area (TPSA) is 148 Å². The summed E-state index contributed by atoms with van der Waals surface area (Å²) in [6.07, 6.45) is -0.335. The van der Waals surface area contributed by atoms with Crippen LogP contribution < -0.4 is 21.3 Å². The summed E-state index contributed by atoms with van der Waals surface area (Å²) in [5.74, 6) is -1.51. The van der Waals surface area contributed by atoms with Gasteiger partial charge in [0.2, 0.25) is 11.8 Å². The fourth-order valence-corrected chi connectivity index (χ4v) is 5.41. The van der Waals surface area contributed by atoms with Gasteiger partial charge >= 0.3 is 6.18 Å². The maximum atomic E-state index is 14.1. The lowest BCUT2D eigenvalue weighted by molar-refractivity contribution is -0.138. The SMILES string of the molecule is C.CC(C)(N)C(=O)N[C@H](COCc1ccccc1)C(=O)Nc1cn(C(C(=O)N2CCN(c3ncccc3C(F)(F)F)CC2)c2ccccc2)cn1. The van der Waals surface area contributed by atoms with Gasteiger partial charge in [-0.05, 0) is 37.1 Å². The monoisotopic (exact) mass is 708 g/mol. The molecule has 1 unspecified atom stereocenters. The molecule has 2 atom stereocenters. The third kappa shape index (κ3) is 9.92. The maximum Gasteiger partial charge on any atom is 0.419 e. The molecule has 1 saturated heterocycles. The molecule has 5 rings (SSSR count). The zero-order chi connectivity index (χ0) is 35.9. The van der Waals surface area contributed by atoms with Crippen LogP contribution in [-0.2, 0) is 31.9 Å². The summed E-state index contributed by atoms with van der Waals surface area (Å²) in [6.45, 7) is 3.72. The number of amides is 3. The first-order valence-corrected chi connectivity index (χ1v) is 16.0. The van der Waals surface area contributed by atoms with Crippen LogP contribution in [0.2, 0.25) is 0 Å². The number of nitrogens with zero attached hydrogens (tertiary/aromatic N) is 5. The van der Waals surface area contributed by atoms with Gasteiger partial charge in [0.05, 0.1) is 30.6 Å². The first kappa shape index (κ1) is 38.5. The number of hydrogen-bond donors (Lipinski definition) is 3. The van der Waals surface area contributed by atoms with E-state index in [1.807, 2.05) is 36.4 Å². The molecule has 1 fully saturated rings. The van der Waals surface area contributed by atoms with Gasteiger partial charge in [-0.3, -0.25) is 14.4 Å². The highest BCUT2D eigenvalue weighted by Crippen LogP contribution is 2.35. The fraction of sp³-hybridized carbons (Fsp3) is 0.361. The first-order valence-electron chi connectivity index (χ1n) is 16.0. The predicted octanol–water partition coefficient (Wildman–Crippen LogP) is 4.25. The Morgan fingerprint density at radius 2 is 1.57 bits per heavy atom. The molecule has 4 aromatic rings. The number of alkyl halides is 3. The van der Waals surface area contributed by atoms with E-state index in [9.17, 15) is 27.6 Å². The summed E-state index contributed by atoms with van der Waals surface area (Å²) in [5, 5.41) is 5.34. The van der Waals surface area contributed by atoms with Crippen LogP contribution in [0.1, 0.15) is 44.0 Å². The van der Waals surface area contributed by atoms with Crippen molar-refractivity contribution in [1.29, 1.82) is 0 Å². The van der Waals surface area contributed by atoms with Crippen molar-refractivity contribution in [2.75, 3.05) is 43.0 Å². The van der Waals surface area contributed by atoms with Crippen LogP contribution in [-0.4, -0.2) is 81.5 Å². The van der Waals surface area contributed by atoms with Gasteiger partial charge in [0, 0.05) is 38.6 Å². The summed E-state index contributed by atoms with van der Waals surface area (Å²) in [4.78, 5) is 51.6. The lowest BCUT2D eigenvalue weighted by atomic mass is 10.0. The van der Waals surface area contributed by atoms with Crippen LogP contribution in [0.15, 0.2) is 91.5 Å². The Bertz CT molecular complexity index is 1760. The number of imidazole rings is 1. The van der Waals surface area contributed by atoms with Crippen LogP contribution in [0.4, 0.5) is 24.8 Å². The zero-order valence-electron chi connectivity index (χ0n) is 27.6. The van der Waals surface area contributed by atoms with Crippen molar-refractivity contribution >= 4 is 29.4 Å². The number of aromatic nitrogens is 3. The number of rotatable bonds is 12. The third-order valence-corrected chi connectivity index (χ3v) is 8.09. The van der Waals surface area contributed by atoms with Crippen LogP contribution in [0, 0.1) is 0 Å². The molecule has 0 bridgehead atoms. The molecule has 3 amide bonds. The molecule has 2 aromatic heterocycles. The highest BCUT2D eigenvalue weighted by atomic mass is 19.4. The number of hydrogen-bond acceptors (Lipinski definition) is 8. The number of nitrogens with one attached hydrogen (secondary N) is 2. The van der Waals surface area contributed by atoms with E-state index in [0.717, 1.165) is 11.6 Å². The lowest BCUT2D eigenvalue weighted by Gasteiger charge is -2.38. The molecule has 4 N–H and O–H groups in total. The Kier molecular flexibility index (Phi) is 12.6. The van der Waals surface area contributed by atoms with Crippen LogP contribution in [0.25, 0.3) is 0 Å². The molecule has 0 aliphatic carbocycles. The van der Waals surface area contributed by atoms with Crippen molar-refractivity contribution in [3.8, 4) is 0 Å². The molecule has 0 radical (unpaired) electrons. The second-order valence-corrected chi connectivity index (χ2v) is 12.4. The number of pyridine rings is 1. The van der Waals surface area contributed by atoms with Gasteiger partial charge < -0.3 is 35.5 Å². The molecule has 51 heavy (non-hydrogen) atoms. The van der Waals surface area contributed by atoms with Gasteiger partial charge in [0.1, 0.15) is 17.9 Å². The van der Waals surface area contributed by atoms with Crippen molar-refractivity contribution in [3.63, 3.8) is 0 Å². The molecular formula is C36H43F3N8O4. The van der Waals surface area contributed by atoms with Crippen LogP contribution in [0.5, 0.6) is 0 Å². The standard InChI is InChI=1S/C35H39F3N8O4.CH4/c1-34(2,39)33(49)42-27(22-50-21-24-10-5-3-6-11-24)31(47)43-28-20-46(23-41-28)29(25-12-7-4-8-13-25)32(48)45-18-16-44(17-19-45)30-26(35(36,37)38)14-9-15-40-30;/h3-15,20,23,27,29H,16-19,21-22,39H2,1-2H3,(H,42,49)(H,43,47);1H4/t27-,29?;/m1./s1. The minimum Gasteiger partial charge on any atom is -0.374 e. The average molecular weight is 709 g/mol. The van der Waals surface area contributed by atoms with E-state index in [-0.39, 0.29) is 64.4 Å². The van der Waals surface area contributed by atoms with E-state index in [1.54, 1.807) is 33.7 Å². The Hall–Kier alpha value is -5.28. The molecule has 272 valence electrons. The summed E-state index contributed by atoms with van der Waals surface area (Å²) >= 11 is 0. The quantitative estimate of drug-likeness (QED) is 0.198. The predicted molar refractivity (Wildman–Crippen MR) is 186 cm³/mol. The molecule has 0 spiro atoms. The van der Waals surface area contributed by atoms with Gasteiger partial charge in [-0.25, -0.2) is 9.97 Å². The van der Waals surface area contributed by atoms with E-state index in [1.165, 1.54) is 43.5 Å². The molecule has 0 saturated carbocycles. The number of anilines is 2. The number of halogens is 3. The Morgan fingerprint density at radius 1 is 0.922 bits per heavy atom. The molecule has 15 heteroatoms. The number of ether oxygens (including phenoxy) is 1. The Morgan fingerprint density at radius 3 is 2.20 bits per heavy atom. The summed E-state index contributed by atoms with van der Waals surface area (Å²) in [6, 6.07) is 18.5. The van der Waals surface area contributed by atoms with Gasteiger partial charge in [-0.2, -0.15) is 13.2 Å². The van der Waals surface area contributed by atoms with Gasteiger partial charge in [-0.15, -0.1) is 0 Å². The zero-order valence-corrected chi connectivity index (χ0v) is 27.6. The highest BCUT2D eigenvalue weighted by Gasteiger charge is 2.37. The van der Waals surface area contributed by atoms with Crippen LogP contribution >= 0.6 is 0 Å². The number of carbonyl (C=O) groups excluding carboxylic acids is 3. The molecule has 1 aliphatic rings. The van der Waals surface area contributed by atoms with Crippen molar-refractivity contribution in [2.24, 2.45) is 5.73 Å². The van der Waals surface area contributed by atoms with E-state index in [4.69, 9.17) is 10.5 Å².